The number of likely N-dealkylation sites (tertiary alicyclic amines) is 1. The molecule has 1 fully saturated rings. The van der Waals surface area contributed by atoms with Crippen molar-refractivity contribution in [3.63, 3.8) is 0 Å². The second-order valence-electron chi connectivity index (χ2n) is 4.56. The van der Waals surface area contributed by atoms with E-state index < -0.39 is 8.38 Å². The first-order chi connectivity index (χ1) is 9.19. The second-order valence-corrected chi connectivity index (χ2v) is 5.95. The molecule has 0 N–H and O–H groups in total. The van der Waals surface area contributed by atoms with Crippen LogP contribution in [0.15, 0.2) is 0 Å². The minimum absolute atomic E-state index is 0.185. The molecule has 1 rings (SSSR count). The molecule has 0 spiro atoms. The van der Waals surface area contributed by atoms with E-state index in [2.05, 4.69) is 6.92 Å². The fraction of sp³-hybridized carbons (Fsp3) is 0.846. The number of carbonyl (C=O) groups excluding carboxylic acids is 1. The van der Waals surface area contributed by atoms with Crippen molar-refractivity contribution in [1.29, 1.82) is 5.26 Å². The maximum Gasteiger partial charge on any atom is 0.225 e. The number of rotatable bonds is 8. The van der Waals surface area contributed by atoms with E-state index >= 15 is 0 Å². The lowest BCUT2D eigenvalue weighted by atomic mass is 10.1. The van der Waals surface area contributed by atoms with Gasteiger partial charge in [-0.25, -0.2) is 0 Å². The van der Waals surface area contributed by atoms with Crippen LogP contribution in [0, 0.1) is 11.3 Å². The molecule has 0 aromatic carbocycles. The van der Waals surface area contributed by atoms with Gasteiger partial charge in [-0.05, 0) is 19.3 Å². The molecule has 0 radical (unpaired) electrons. The molecule has 1 heterocycles. The van der Waals surface area contributed by atoms with Gasteiger partial charge in [-0.2, -0.15) is 5.26 Å². The van der Waals surface area contributed by atoms with E-state index in [1.54, 1.807) is 0 Å². The highest BCUT2D eigenvalue weighted by Crippen LogP contribution is 2.33. The molecule has 0 saturated carbocycles. The summed E-state index contributed by atoms with van der Waals surface area (Å²) in [5, 5.41) is 8.38. The van der Waals surface area contributed by atoms with E-state index in [-0.39, 0.29) is 5.91 Å². The summed E-state index contributed by atoms with van der Waals surface area (Å²) in [6, 6.07) is 2.43. The van der Waals surface area contributed by atoms with Crippen molar-refractivity contribution in [3.8, 4) is 6.07 Å². The first kappa shape index (κ1) is 16.4. The molecule has 0 aromatic rings. The van der Waals surface area contributed by atoms with Gasteiger partial charge in [-0.1, -0.05) is 6.92 Å². The highest BCUT2D eigenvalue weighted by molar-refractivity contribution is 7.46. The molecule has 1 saturated heterocycles. The van der Waals surface area contributed by atoms with E-state index in [0.29, 0.717) is 32.1 Å². The van der Waals surface area contributed by atoms with Crippen LogP contribution in [0.3, 0.4) is 0 Å². The van der Waals surface area contributed by atoms with Crippen LogP contribution >= 0.6 is 8.38 Å². The van der Waals surface area contributed by atoms with Gasteiger partial charge in [0.05, 0.1) is 32.1 Å². The zero-order valence-corrected chi connectivity index (χ0v) is 12.7. The maximum absolute atomic E-state index is 12.0. The number of hydrogen-bond donors (Lipinski definition) is 0. The Kier molecular flexibility index (Phi) is 7.97. The Bertz CT molecular complexity index is 320. The van der Waals surface area contributed by atoms with Crippen LogP contribution in [-0.4, -0.2) is 43.3 Å². The Hall–Kier alpha value is -0.690. The van der Waals surface area contributed by atoms with Crippen LogP contribution in [0.25, 0.3) is 0 Å². The highest BCUT2D eigenvalue weighted by atomic mass is 31.2. The van der Waals surface area contributed by atoms with Crippen LogP contribution in [-0.2, 0) is 13.8 Å². The third-order valence-electron chi connectivity index (χ3n) is 3.24. The van der Waals surface area contributed by atoms with Gasteiger partial charge >= 0.3 is 0 Å². The van der Waals surface area contributed by atoms with Crippen molar-refractivity contribution in [2.24, 2.45) is 0 Å². The van der Waals surface area contributed by atoms with Crippen molar-refractivity contribution in [3.05, 3.63) is 0 Å². The summed E-state index contributed by atoms with van der Waals surface area (Å²) >= 11 is 0. The maximum atomic E-state index is 12.0. The van der Waals surface area contributed by atoms with Crippen molar-refractivity contribution >= 4 is 14.3 Å². The zero-order chi connectivity index (χ0) is 14.1. The van der Waals surface area contributed by atoms with Crippen LogP contribution < -0.4 is 0 Å². The van der Waals surface area contributed by atoms with E-state index in [9.17, 15) is 4.79 Å². The van der Waals surface area contributed by atoms with Gasteiger partial charge in [-0.15, -0.1) is 0 Å². The molecule has 5 nitrogen and oxygen atoms in total. The van der Waals surface area contributed by atoms with Crippen LogP contribution in [0.5, 0.6) is 0 Å². The van der Waals surface area contributed by atoms with Crippen molar-refractivity contribution in [2.45, 2.75) is 45.1 Å². The highest BCUT2D eigenvalue weighted by Gasteiger charge is 2.26. The Balaban J connectivity index is 2.15. The minimum atomic E-state index is -0.972. The third-order valence-corrected chi connectivity index (χ3v) is 4.34. The van der Waals surface area contributed by atoms with Crippen LogP contribution in [0.2, 0.25) is 0 Å². The summed E-state index contributed by atoms with van der Waals surface area (Å²) in [4.78, 5) is 14.0. The molecule has 1 aliphatic heterocycles. The average molecular weight is 286 g/mol. The quantitative estimate of drug-likeness (QED) is 0.508. The molecule has 0 aliphatic carbocycles. The summed E-state index contributed by atoms with van der Waals surface area (Å²) in [6.45, 7) is 5.66. The number of carbonyl (C=O) groups is 1. The van der Waals surface area contributed by atoms with Gasteiger partial charge in [0.15, 0.2) is 8.38 Å². The van der Waals surface area contributed by atoms with Gasteiger partial charge in [0.25, 0.3) is 0 Å². The lowest BCUT2D eigenvalue weighted by Crippen LogP contribution is -2.35. The molecule has 1 amide bonds. The molecule has 108 valence electrons. The normalized spacial score (nSPS) is 20.3. The molecular weight excluding hydrogens is 263 g/mol. The zero-order valence-electron chi connectivity index (χ0n) is 11.8. The van der Waals surface area contributed by atoms with Crippen molar-refractivity contribution in [1.82, 2.24) is 4.90 Å². The molecule has 1 aliphatic rings. The predicted octanol–water partition coefficient (Wildman–Crippen LogP) is 2.67. The largest absolute Gasteiger partial charge is 0.340 e. The summed E-state index contributed by atoms with van der Waals surface area (Å²) in [7, 11) is -0.972. The Morgan fingerprint density at radius 1 is 1.47 bits per heavy atom. The fourth-order valence-electron chi connectivity index (χ4n) is 2.25. The number of nitriles is 1. The second kappa shape index (κ2) is 9.25. The summed E-state index contributed by atoms with van der Waals surface area (Å²) in [5.41, 5.74) is 0. The Morgan fingerprint density at radius 2 is 2.21 bits per heavy atom. The minimum Gasteiger partial charge on any atom is -0.340 e. The van der Waals surface area contributed by atoms with Gasteiger partial charge < -0.3 is 13.9 Å². The smallest absolute Gasteiger partial charge is 0.225 e. The summed E-state index contributed by atoms with van der Waals surface area (Å²) in [6.07, 6.45) is 4.07. The topological polar surface area (TPSA) is 62.6 Å². The average Bonchev–Trinajstić information content (AvgIpc) is 2.87. The number of amides is 1. The van der Waals surface area contributed by atoms with E-state index in [0.717, 1.165) is 25.8 Å². The van der Waals surface area contributed by atoms with Gasteiger partial charge in [-0.3, -0.25) is 4.79 Å². The molecule has 2 atom stereocenters. The van der Waals surface area contributed by atoms with Crippen molar-refractivity contribution in [2.75, 3.05) is 26.4 Å². The SMILES string of the molecule is CCC1CCCN1C(=O)CCOP(C)OCCC#N. The number of hydrogen-bond acceptors (Lipinski definition) is 4. The van der Waals surface area contributed by atoms with Crippen molar-refractivity contribution < 1.29 is 13.8 Å². The van der Waals surface area contributed by atoms with Gasteiger partial charge in [0.2, 0.25) is 5.91 Å². The molecule has 19 heavy (non-hydrogen) atoms. The molecule has 2 unspecified atom stereocenters. The van der Waals surface area contributed by atoms with Crippen LogP contribution in [0.4, 0.5) is 0 Å². The molecule has 0 bridgehead atoms. The first-order valence-electron chi connectivity index (χ1n) is 6.85. The first-order valence-corrected chi connectivity index (χ1v) is 8.47. The van der Waals surface area contributed by atoms with Crippen LogP contribution in [0.1, 0.15) is 39.0 Å². The molecule has 0 aromatic heterocycles. The van der Waals surface area contributed by atoms with Gasteiger partial charge in [0.1, 0.15) is 0 Å². The monoisotopic (exact) mass is 286 g/mol. The summed E-state index contributed by atoms with van der Waals surface area (Å²) in [5.74, 6) is 0.185. The fourth-order valence-corrected chi connectivity index (χ4v) is 3.02. The summed E-state index contributed by atoms with van der Waals surface area (Å²) < 4.78 is 10.8. The Labute approximate surface area is 116 Å². The molecular formula is C13H23N2O3P. The van der Waals surface area contributed by atoms with E-state index in [1.165, 1.54) is 0 Å². The lowest BCUT2D eigenvalue weighted by Gasteiger charge is -2.23. The van der Waals surface area contributed by atoms with Gasteiger partial charge in [0, 0.05) is 19.3 Å². The third kappa shape index (κ3) is 5.86. The van der Waals surface area contributed by atoms with E-state index in [4.69, 9.17) is 14.3 Å². The number of nitrogens with zero attached hydrogens (tertiary/aromatic N) is 2. The Morgan fingerprint density at radius 3 is 2.89 bits per heavy atom. The van der Waals surface area contributed by atoms with E-state index in [1.807, 2.05) is 17.6 Å². The standard InChI is InChI=1S/C13H23N2O3P/c1-3-12-6-4-9-15(12)13(16)7-11-18-19(2)17-10-5-8-14/h12H,3-7,9-11H2,1-2H3. The molecule has 6 heteroatoms. The predicted molar refractivity (Wildman–Crippen MR) is 74.6 cm³/mol. The lowest BCUT2D eigenvalue weighted by molar-refractivity contribution is -0.132.